The van der Waals surface area contributed by atoms with Gasteiger partial charge in [-0.05, 0) is 25.0 Å². The first kappa shape index (κ1) is 12.3. The first-order valence-corrected chi connectivity index (χ1v) is 5.98. The van der Waals surface area contributed by atoms with Crippen molar-refractivity contribution in [3.05, 3.63) is 34.6 Å². The van der Waals surface area contributed by atoms with Crippen molar-refractivity contribution in [1.29, 1.82) is 0 Å². The lowest BCUT2D eigenvalue weighted by Crippen LogP contribution is -2.40. The molecule has 1 amide bonds. The molecule has 5 heteroatoms. The second-order valence-corrected chi connectivity index (χ2v) is 4.54. The molecule has 1 aliphatic heterocycles. The van der Waals surface area contributed by atoms with Gasteiger partial charge in [0.2, 0.25) is 0 Å². The summed E-state index contributed by atoms with van der Waals surface area (Å²) in [5.41, 5.74) is 5.62. The van der Waals surface area contributed by atoms with Crippen LogP contribution in [-0.4, -0.2) is 29.9 Å². The molecule has 0 saturated carbocycles. The molecule has 1 atom stereocenters. The lowest BCUT2D eigenvalue weighted by Gasteiger charge is -2.23. The third kappa shape index (κ3) is 2.28. The van der Waals surface area contributed by atoms with Gasteiger partial charge in [-0.3, -0.25) is 4.79 Å². The largest absolute Gasteiger partial charge is 0.334 e. The maximum absolute atomic E-state index is 13.7. The van der Waals surface area contributed by atoms with E-state index in [-0.39, 0.29) is 22.5 Å². The highest BCUT2D eigenvalue weighted by Crippen LogP contribution is 2.23. The Morgan fingerprint density at radius 3 is 3.06 bits per heavy atom. The Morgan fingerprint density at radius 1 is 1.59 bits per heavy atom. The highest BCUT2D eigenvalue weighted by Gasteiger charge is 2.29. The topological polar surface area (TPSA) is 46.3 Å². The average molecular weight is 257 g/mol. The number of hydrogen-bond donors (Lipinski definition) is 1. The molecule has 2 N–H and O–H groups in total. The van der Waals surface area contributed by atoms with Crippen LogP contribution in [0, 0.1) is 5.82 Å². The van der Waals surface area contributed by atoms with E-state index < -0.39 is 5.82 Å². The highest BCUT2D eigenvalue weighted by molar-refractivity contribution is 6.31. The van der Waals surface area contributed by atoms with Crippen LogP contribution in [0.5, 0.6) is 0 Å². The molecule has 1 aromatic carbocycles. The molecule has 1 fully saturated rings. The molecule has 1 saturated heterocycles. The van der Waals surface area contributed by atoms with E-state index in [0.717, 1.165) is 12.8 Å². The van der Waals surface area contributed by atoms with E-state index in [4.69, 9.17) is 17.3 Å². The normalized spacial score (nSPS) is 19.7. The Bertz CT molecular complexity index is 439. The van der Waals surface area contributed by atoms with Gasteiger partial charge in [0.15, 0.2) is 5.82 Å². The molecular weight excluding hydrogens is 243 g/mol. The summed E-state index contributed by atoms with van der Waals surface area (Å²) in [5, 5.41) is -0.0284. The van der Waals surface area contributed by atoms with Crippen molar-refractivity contribution in [3.63, 3.8) is 0 Å². The number of halogens is 2. The van der Waals surface area contributed by atoms with Crippen LogP contribution in [0.4, 0.5) is 4.39 Å². The number of amides is 1. The van der Waals surface area contributed by atoms with Gasteiger partial charge in [0, 0.05) is 19.1 Å². The molecule has 0 bridgehead atoms. The van der Waals surface area contributed by atoms with Crippen molar-refractivity contribution < 1.29 is 9.18 Å². The minimum atomic E-state index is -0.651. The van der Waals surface area contributed by atoms with Crippen LogP contribution in [0.3, 0.4) is 0 Å². The van der Waals surface area contributed by atoms with Gasteiger partial charge in [-0.2, -0.15) is 0 Å². The molecule has 1 aromatic rings. The van der Waals surface area contributed by atoms with Crippen LogP contribution < -0.4 is 5.73 Å². The summed E-state index contributed by atoms with van der Waals surface area (Å²) in [6, 6.07) is 4.47. The summed E-state index contributed by atoms with van der Waals surface area (Å²) in [6.45, 7) is 1.04. The summed E-state index contributed by atoms with van der Waals surface area (Å²) >= 11 is 5.66. The van der Waals surface area contributed by atoms with E-state index in [1.807, 2.05) is 0 Å². The molecule has 0 aliphatic carbocycles. The van der Waals surface area contributed by atoms with Gasteiger partial charge in [-0.1, -0.05) is 17.7 Å². The zero-order valence-electron chi connectivity index (χ0n) is 9.33. The molecule has 0 spiro atoms. The van der Waals surface area contributed by atoms with E-state index in [0.29, 0.717) is 13.1 Å². The van der Waals surface area contributed by atoms with Gasteiger partial charge in [-0.15, -0.1) is 0 Å². The van der Waals surface area contributed by atoms with Crippen LogP contribution in [-0.2, 0) is 0 Å². The Kier molecular flexibility index (Phi) is 3.64. The van der Waals surface area contributed by atoms with Gasteiger partial charge in [-0.25, -0.2) is 4.39 Å². The lowest BCUT2D eigenvalue weighted by atomic mass is 10.1. The van der Waals surface area contributed by atoms with Crippen LogP contribution >= 0.6 is 11.6 Å². The number of rotatable bonds is 2. The van der Waals surface area contributed by atoms with Crippen LogP contribution in [0.15, 0.2) is 18.2 Å². The minimum Gasteiger partial charge on any atom is -0.334 e. The van der Waals surface area contributed by atoms with Gasteiger partial charge in [0.05, 0.1) is 10.6 Å². The predicted octanol–water partition coefficient (Wildman–Crippen LogP) is 2.04. The van der Waals surface area contributed by atoms with Gasteiger partial charge in [0.25, 0.3) is 5.91 Å². The molecule has 1 aliphatic rings. The highest BCUT2D eigenvalue weighted by atomic mass is 35.5. The molecule has 92 valence electrons. The second-order valence-electron chi connectivity index (χ2n) is 4.13. The van der Waals surface area contributed by atoms with Crippen LogP contribution in [0.2, 0.25) is 5.02 Å². The number of nitrogens with zero attached hydrogens (tertiary/aromatic N) is 1. The van der Waals surface area contributed by atoms with E-state index in [1.54, 1.807) is 11.0 Å². The molecule has 17 heavy (non-hydrogen) atoms. The predicted molar refractivity (Wildman–Crippen MR) is 64.5 cm³/mol. The number of nitrogens with two attached hydrogens (primary N) is 1. The van der Waals surface area contributed by atoms with Crippen molar-refractivity contribution >= 4 is 17.5 Å². The van der Waals surface area contributed by atoms with Crippen molar-refractivity contribution in [2.75, 3.05) is 13.1 Å². The molecule has 0 radical (unpaired) electrons. The van der Waals surface area contributed by atoms with E-state index in [1.165, 1.54) is 12.1 Å². The van der Waals surface area contributed by atoms with Gasteiger partial charge >= 0.3 is 0 Å². The van der Waals surface area contributed by atoms with E-state index in [9.17, 15) is 9.18 Å². The fraction of sp³-hybridized carbons (Fsp3) is 0.417. The Labute approximate surface area is 104 Å². The number of likely N-dealkylation sites (tertiary alicyclic amines) is 1. The summed E-state index contributed by atoms with van der Waals surface area (Å²) in [6.07, 6.45) is 1.79. The first-order valence-electron chi connectivity index (χ1n) is 5.60. The number of carbonyl (C=O) groups is 1. The Morgan fingerprint density at radius 2 is 2.35 bits per heavy atom. The minimum absolute atomic E-state index is 0.0147. The maximum atomic E-state index is 13.7. The zero-order chi connectivity index (χ0) is 12.4. The summed E-state index contributed by atoms with van der Waals surface area (Å²) < 4.78 is 13.7. The van der Waals surface area contributed by atoms with E-state index >= 15 is 0 Å². The third-order valence-electron chi connectivity index (χ3n) is 3.09. The van der Waals surface area contributed by atoms with Crippen LogP contribution in [0.1, 0.15) is 23.2 Å². The smallest absolute Gasteiger partial charge is 0.257 e. The molecule has 0 aromatic heterocycles. The number of carbonyl (C=O) groups excluding carboxylic acids is 1. The molecule has 2 rings (SSSR count). The summed E-state index contributed by atoms with van der Waals surface area (Å²) in [7, 11) is 0. The van der Waals surface area contributed by atoms with Crippen molar-refractivity contribution in [3.8, 4) is 0 Å². The number of hydrogen-bond acceptors (Lipinski definition) is 2. The lowest BCUT2D eigenvalue weighted by molar-refractivity contribution is 0.0736. The fourth-order valence-corrected chi connectivity index (χ4v) is 2.35. The molecular formula is C12H14ClFN2O. The molecule has 1 unspecified atom stereocenters. The third-order valence-corrected chi connectivity index (χ3v) is 3.38. The average Bonchev–Trinajstić information content (AvgIpc) is 2.80. The zero-order valence-corrected chi connectivity index (χ0v) is 10.1. The van der Waals surface area contributed by atoms with Crippen molar-refractivity contribution in [2.24, 2.45) is 5.73 Å². The monoisotopic (exact) mass is 256 g/mol. The SMILES string of the molecule is NCC1CCCN1C(=O)c1cccc(Cl)c1F. The maximum Gasteiger partial charge on any atom is 0.257 e. The fourth-order valence-electron chi connectivity index (χ4n) is 2.17. The second kappa shape index (κ2) is 5.02. The Hall–Kier alpha value is -1.13. The van der Waals surface area contributed by atoms with Gasteiger partial charge < -0.3 is 10.6 Å². The van der Waals surface area contributed by atoms with Crippen molar-refractivity contribution in [1.82, 2.24) is 4.90 Å². The Balaban J connectivity index is 2.28. The quantitative estimate of drug-likeness (QED) is 0.880. The summed E-state index contributed by atoms with van der Waals surface area (Å²) in [5.74, 6) is -0.972. The summed E-state index contributed by atoms with van der Waals surface area (Å²) in [4.78, 5) is 13.8. The molecule has 1 heterocycles. The van der Waals surface area contributed by atoms with Crippen LogP contribution in [0.25, 0.3) is 0 Å². The van der Waals surface area contributed by atoms with E-state index in [2.05, 4.69) is 0 Å². The van der Waals surface area contributed by atoms with Crippen molar-refractivity contribution in [2.45, 2.75) is 18.9 Å². The number of benzene rings is 1. The molecule has 3 nitrogen and oxygen atoms in total. The standard InChI is InChI=1S/C12H14ClFN2O/c13-10-5-1-4-9(11(10)14)12(17)16-6-2-3-8(16)7-15/h1,4-5,8H,2-3,6-7,15H2. The van der Waals surface area contributed by atoms with Gasteiger partial charge in [0.1, 0.15) is 0 Å². The first-order chi connectivity index (χ1) is 8.15.